The monoisotopic (exact) mass is 411 g/mol. The lowest BCUT2D eigenvalue weighted by atomic mass is 10.1. The van der Waals surface area contributed by atoms with Gasteiger partial charge in [-0.25, -0.2) is 9.36 Å². The Labute approximate surface area is 161 Å². The van der Waals surface area contributed by atoms with Crippen molar-refractivity contribution in [3.8, 4) is 5.88 Å². The number of aryl methyl sites for hydroxylation is 1. The van der Waals surface area contributed by atoms with Crippen LogP contribution in [0, 0.1) is 6.92 Å². The van der Waals surface area contributed by atoms with Crippen molar-refractivity contribution in [1.29, 1.82) is 0 Å². The van der Waals surface area contributed by atoms with Crippen molar-refractivity contribution in [2.24, 2.45) is 5.73 Å². The topological polar surface area (TPSA) is 97.3 Å². The fraction of sp³-hybridized carbons (Fsp3) is 0.111. The lowest BCUT2D eigenvalue weighted by Crippen LogP contribution is -2.19. The number of alkyl halides is 3. The highest BCUT2D eigenvalue weighted by Gasteiger charge is 2.32. The van der Waals surface area contributed by atoms with Gasteiger partial charge >= 0.3 is 12.2 Å². The van der Waals surface area contributed by atoms with Crippen LogP contribution >= 0.6 is 11.6 Å². The molecule has 0 bridgehead atoms. The number of aromatic nitrogens is 1. The normalized spacial score (nSPS) is 11.6. The van der Waals surface area contributed by atoms with Crippen molar-refractivity contribution >= 4 is 40.1 Å². The number of benzene rings is 2. The predicted molar refractivity (Wildman–Crippen MR) is 97.7 cm³/mol. The van der Waals surface area contributed by atoms with E-state index in [0.717, 1.165) is 22.3 Å². The third kappa shape index (κ3) is 3.48. The summed E-state index contributed by atoms with van der Waals surface area (Å²) < 4.78 is 39.6. The molecule has 0 unspecified atom stereocenters. The molecule has 0 aliphatic heterocycles. The molecule has 0 aliphatic rings. The summed E-state index contributed by atoms with van der Waals surface area (Å²) in [6.07, 6.45) is -4.66. The first-order valence-corrected chi connectivity index (χ1v) is 8.20. The summed E-state index contributed by atoms with van der Waals surface area (Å²) in [7, 11) is 0. The summed E-state index contributed by atoms with van der Waals surface area (Å²) >= 11 is 5.71. The summed E-state index contributed by atoms with van der Waals surface area (Å²) in [5.74, 6) is -1.65. The molecule has 10 heteroatoms. The smallest absolute Gasteiger partial charge is 0.416 e. The third-order valence-corrected chi connectivity index (χ3v) is 4.25. The molecule has 1 heterocycles. The summed E-state index contributed by atoms with van der Waals surface area (Å²) in [5.41, 5.74) is 4.63. The van der Waals surface area contributed by atoms with E-state index >= 15 is 0 Å². The van der Waals surface area contributed by atoms with Gasteiger partial charge in [0, 0.05) is 16.1 Å². The second-order valence-electron chi connectivity index (χ2n) is 6.07. The van der Waals surface area contributed by atoms with Crippen molar-refractivity contribution in [2.75, 3.05) is 5.32 Å². The summed E-state index contributed by atoms with van der Waals surface area (Å²) in [6.45, 7) is 1.74. The Balaban J connectivity index is 2.10. The fourth-order valence-electron chi connectivity index (χ4n) is 2.85. The van der Waals surface area contributed by atoms with Gasteiger partial charge in [0.1, 0.15) is 5.56 Å². The summed E-state index contributed by atoms with van der Waals surface area (Å²) in [4.78, 5) is 24.4. The van der Waals surface area contributed by atoms with Crippen LogP contribution in [0.4, 0.5) is 23.7 Å². The van der Waals surface area contributed by atoms with Gasteiger partial charge in [-0.05, 0) is 36.8 Å². The average molecular weight is 412 g/mol. The van der Waals surface area contributed by atoms with E-state index in [2.05, 4.69) is 5.32 Å². The number of nitrogens with zero attached hydrogens (tertiary/aromatic N) is 1. The van der Waals surface area contributed by atoms with E-state index in [9.17, 15) is 27.9 Å². The molecule has 0 spiro atoms. The quantitative estimate of drug-likeness (QED) is 0.578. The van der Waals surface area contributed by atoms with E-state index in [-0.39, 0.29) is 27.2 Å². The van der Waals surface area contributed by atoms with Gasteiger partial charge in [-0.2, -0.15) is 13.2 Å². The molecule has 3 aromatic rings. The molecule has 146 valence electrons. The van der Waals surface area contributed by atoms with E-state index in [4.69, 9.17) is 17.3 Å². The molecule has 2 aromatic carbocycles. The number of carbonyl (C=O) groups excluding carboxylic acids is 2. The van der Waals surface area contributed by atoms with E-state index in [1.54, 1.807) is 13.0 Å². The van der Waals surface area contributed by atoms with Gasteiger partial charge in [-0.3, -0.25) is 4.79 Å². The van der Waals surface area contributed by atoms with Gasteiger partial charge in [0.2, 0.25) is 5.88 Å². The van der Waals surface area contributed by atoms with E-state index in [1.807, 2.05) is 0 Å². The first kappa shape index (κ1) is 19.6. The molecule has 0 saturated heterocycles. The predicted octanol–water partition coefficient (Wildman–Crippen LogP) is 4.51. The fourth-order valence-corrected chi connectivity index (χ4v) is 3.09. The number of aromatic hydroxyl groups is 1. The van der Waals surface area contributed by atoms with Crippen molar-refractivity contribution in [2.45, 2.75) is 13.1 Å². The van der Waals surface area contributed by atoms with Crippen molar-refractivity contribution < 1.29 is 27.9 Å². The SMILES string of the molecule is Cc1ccc2c(C(=O)Nc3cc(Cl)cc(C(F)(F)F)c3)c(O)n(C(N)=O)c2c1. The molecule has 1 aromatic heterocycles. The van der Waals surface area contributed by atoms with Crippen LogP contribution in [0.1, 0.15) is 21.5 Å². The molecule has 28 heavy (non-hydrogen) atoms. The highest BCUT2D eigenvalue weighted by atomic mass is 35.5. The minimum Gasteiger partial charge on any atom is -0.494 e. The Morgan fingerprint density at radius 1 is 1.18 bits per heavy atom. The number of amides is 2. The highest BCUT2D eigenvalue weighted by Crippen LogP contribution is 2.35. The molecule has 0 aliphatic carbocycles. The number of fused-ring (bicyclic) bond motifs is 1. The lowest BCUT2D eigenvalue weighted by Gasteiger charge is -2.11. The van der Waals surface area contributed by atoms with Crippen LogP contribution in [0.2, 0.25) is 5.02 Å². The Morgan fingerprint density at radius 2 is 1.86 bits per heavy atom. The highest BCUT2D eigenvalue weighted by molar-refractivity contribution is 6.31. The molecular weight excluding hydrogens is 399 g/mol. The number of anilines is 1. The van der Waals surface area contributed by atoms with Crippen molar-refractivity contribution in [3.63, 3.8) is 0 Å². The molecule has 3 rings (SSSR count). The van der Waals surface area contributed by atoms with Crippen LogP contribution in [-0.4, -0.2) is 21.6 Å². The van der Waals surface area contributed by atoms with Gasteiger partial charge < -0.3 is 16.2 Å². The Hall–Kier alpha value is -3.20. The van der Waals surface area contributed by atoms with E-state index < -0.39 is 29.6 Å². The average Bonchev–Trinajstić information content (AvgIpc) is 2.84. The molecule has 6 nitrogen and oxygen atoms in total. The van der Waals surface area contributed by atoms with Crippen LogP contribution in [0.15, 0.2) is 36.4 Å². The van der Waals surface area contributed by atoms with Gasteiger partial charge in [-0.15, -0.1) is 0 Å². The van der Waals surface area contributed by atoms with Crippen LogP contribution in [0.5, 0.6) is 5.88 Å². The number of nitrogens with two attached hydrogens (primary N) is 1. The molecule has 4 N–H and O–H groups in total. The van der Waals surface area contributed by atoms with E-state index in [0.29, 0.717) is 6.07 Å². The number of hydrogen-bond donors (Lipinski definition) is 3. The number of hydrogen-bond acceptors (Lipinski definition) is 3. The summed E-state index contributed by atoms with van der Waals surface area (Å²) in [5, 5.41) is 12.6. The van der Waals surface area contributed by atoms with E-state index in [1.165, 1.54) is 12.1 Å². The number of halogens is 4. The van der Waals surface area contributed by atoms with Crippen LogP contribution in [0.3, 0.4) is 0 Å². The molecular formula is C18H13ClF3N3O3. The van der Waals surface area contributed by atoms with Gasteiger partial charge in [0.25, 0.3) is 5.91 Å². The minimum absolute atomic E-state index is 0.192. The zero-order chi connectivity index (χ0) is 20.8. The molecule has 0 radical (unpaired) electrons. The number of rotatable bonds is 2. The Bertz CT molecular complexity index is 1120. The maximum Gasteiger partial charge on any atom is 0.416 e. The first-order valence-electron chi connectivity index (χ1n) is 7.82. The van der Waals surface area contributed by atoms with Crippen LogP contribution in [-0.2, 0) is 6.18 Å². The maximum absolute atomic E-state index is 12.9. The van der Waals surface area contributed by atoms with Gasteiger partial charge in [-0.1, -0.05) is 23.7 Å². The third-order valence-electron chi connectivity index (χ3n) is 4.03. The molecule has 2 amide bonds. The summed E-state index contributed by atoms with van der Waals surface area (Å²) in [6, 6.07) is 6.22. The maximum atomic E-state index is 12.9. The van der Waals surface area contributed by atoms with Crippen molar-refractivity contribution in [1.82, 2.24) is 4.57 Å². The molecule has 0 saturated carbocycles. The molecule has 0 atom stereocenters. The second kappa shape index (κ2) is 6.75. The molecule has 0 fully saturated rings. The number of primary amides is 1. The zero-order valence-corrected chi connectivity index (χ0v) is 15.0. The second-order valence-corrected chi connectivity index (χ2v) is 6.51. The first-order chi connectivity index (χ1) is 13.0. The minimum atomic E-state index is -4.66. The number of carbonyl (C=O) groups is 2. The van der Waals surface area contributed by atoms with Gasteiger partial charge in [0.05, 0.1) is 11.1 Å². The lowest BCUT2D eigenvalue weighted by molar-refractivity contribution is -0.137. The van der Waals surface area contributed by atoms with Crippen LogP contribution in [0.25, 0.3) is 10.9 Å². The van der Waals surface area contributed by atoms with Crippen LogP contribution < -0.4 is 11.1 Å². The van der Waals surface area contributed by atoms with Gasteiger partial charge in [0.15, 0.2) is 0 Å². The zero-order valence-electron chi connectivity index (χ0n) is 14.3. The Morgan fingerprint density at radius 3 is 2.46 bits per heavy atom. The Kier molecular flexibility index (Phi) is 4.72. The standard InChI is InChI=1S/C18H13ClF3N3O3/c1-8-2-3-12-13(4-8)25(17(23)28)16(27)14(12)15(26)24-11-6-9(18(20,21)22)5-10(19)7-11/h2-7,27H,1H3,(H2,23,28)(H,24,26). The number of nitrogens with one attached hydrogen (secondary N) is 1. The van der Waals surface area contributed by atoms with Crippen molar-refractivity contribution in [3.05, 3.63) is 58.1 Å². The largest absolute Gasteiger partial charge is 0.494 e.